The van der Waals surface area contributed by atoms with Gasteiger partial charge in [-0.15, -0.1) is 0 Å². The third-order valence-corrected chi connectivity index (χ3v) is 5.92. The van der Waals surface area contributed by atoms with Gasteiger partial charge in [-0.25, -0.2) is 0 Å². The molecule has 1 saturated heterocycles. The summed E-state index contributed by atoms with van der Waals surface area (Å²) in [7, 11) is 1.61. The molecule has 0 aromatic carbocycles. The molecule has 1 fully saturated rings. The smallest absolute Gasteiger partial charge is 0.307 e. The van der Waals surface area contributed by atoms with Crippen LogP contribution in [0.1, 0.15) is 40.5 Å². The number of rotatable bonds is 8. The van der Waals surface area contributed by atoms with Crippen molar-refractivity contribution in [1.29, 1.82) is 0 Å². The number of ether oxygens (including phenoxy) is 1. The number of amides is 1. The fourth-order valence-electron chi connectivity index (χ4n) is 3.56. The van der Waals surface area contributed by atoms with Gasteiger partial charge < -0.3 is 19.5 Å². The van der Waals surface area contributed by atoms with Gasteiger partial charge in [0, 0.05) is 50.3 Å². The van der Waals surface area contributed by atoms with Crippen LogP contribution in [0.5, 0.6) is 0 Å². The van der Waals surface area contributed by atoms with E-state index >= 15 is 0 Å². The molecule has 1 aliphatic rings. The number of nitrogens with zero attached hydrogens (tertiary/aromatic N) is 3. The van der Waals surface area contributed by atoms with Crippen LogP contribution in [0.4, 0.5) is 0 Å². The van der Waals surface area contributed by atoms with Gasteiger partial charge in [0.1, 0.15) is 0 Å². The van der Waals surface area contributed by atoms with Gasteiger partial charge >= 0.3 is 4.87 Å². The zero-order chi connectivity index (χ0) is 19.2. The Morgan fingerprint density at radius 1 is 1.48 bits per heavy atom. The number of piperidine rings is 1. The zero-order valence-corrected chi connectivity index (χ0v) is 16.7. The van der Waals surface area contributed by atoms with E-state index in [4.69, 9.17) is 4.74 Å². The fraction of sp³-hybridized carbons (Fsp3) is 0.611. The number of aromatic amines is 1. The van der Waals surface area contributed by atoms with E-state index in [0.29, 0.717) is 25.3 Å². The Balaban J connectivity index is 1.60. The van der Waals surface area contributed by atoms with Crippen LogP contribution in [0.25, 0.3) is 0 Å². The van der Waals surface area contributed by atoms with E-state index in [1.54, 1.807) is 13.3 Å². The summed E-state index contributed by atoms with van der Waals surface area (Å²) in [4.78, 5) is 26.8. The first kappa shape index (κ1) is 19.8. The molecule has 2 aromatic heterocycles. The minimum atomic E-state index is -0.117. The molecule has 8 nitrogen and oxygen atoms in total. The van der Waals surface area contributed by atoms with Gasteiger partial charge in [0.2, 0.25) is 0 Å². The third kappa shape index (κ3) is 4.85. The molecule has 27 heavy (non-hydrogen) atoms. The van der Waals surface area contributed by atoms with Crippen LogP contribution in [0, 0.1) is 6.92 Å². The first-order valence-corrected chi connectivity index (χ1v) is 10.2. The first-order chi connectivity index (χ1) is 13.1. The Labute approximate surface area is 162 Å². The molecule has 1 atom stereocenters. The van der Waals surface area contributed by atoms with E-state index < -0.39 is 0 Å². The van der Waals surface area contributed by atoms with Crippen LogP contribution in [0.3, 0.4) is 0 Å². The average Bonchev–Trinajstić information content (AvgIpc) is 3.28. The lowest BCUT2D eigenvalue weighted by molar-refractivity contribution is 0.0934. The number of likely N-dealkylation sites (tertiary alicyclic amines) is 1. The summed E-state index contributed by atoms with van der Waals surface area (Å²) in [5.74, 6) is 0.123. The maximum atomic E-state index is 12.4. The third-order valence-electron chi connectivity index (χ3n) is 5.04. The molecule has 0 saturated carbocycles. The van der Waals surface area contributed by atoms with Crippen molar-refractivity contribution in [3.63, 3.8) is 0 Å². The van der Waals surface area contributed by atoms with E-state index in [2.05, 4.69) is 20.4 Å². The number of hydrogen-bond donors (Lipinski definition) is 2. The molecule has 3 heterocycles. The predicted molar refractivity (Wildman–Crippen MR) is 105 cm³/mol. The number of aryl methyl sites for hydroxylation is 1. The Morgan fingerprint density at radius 3 is 3.07 bits per heavy atom. The second-order valence-corrected chi connectivity index (χ2v) is 7.70. The summed E-state index contributed by atoms with van der Waals surface area (Å²) in [5.41, 5.74) is 2.53. The van der Waals surface area contributed by atoms with Gasteiger partial charge in [0.05, 0.1) is 24.1 Å². The number of hydrogen-bond acceptors (Lipinski definition) is 6. The molecule has 0 bridgehead atoms. The second kappa shape index (κ2) is 9.29. The highest BCUT2D eigenvalue weighted by Gasteiger charge is 2.26. The van der Waals surface area contributed by atoms with Gasteiger partial charge in [0.15, 0.2) is 0 Å². The van der Waals surface area contributed by atoms with Gasteiger partial charge in [-0.1, -0.05) is 11.3 Å². The molecule has 2 aromatic rings. The van der Waals surface area contributed by atoms with Crippen LogP contribution in [0.2, 0.25) is 0 Å². The van der Waals surface area contributed by atoms with Crippen molar-refractivity contribution >= 4 is 17.2 Å². The number of nitrogens with one attached hydrogen (secondary N) is 2. The Bertz CT molecular complexity index is 812. The summed E-state index contributed by atoms with van der Waals surface area (Å²) in [6.45, 7) is 6.33. The molecule has 3 rings (SSSR count). The Hall–Kier alpha value is -1.97. The van der Waals surface area contributed by atoms with E-state index in [1.165, 1.54) is 11.3 Å². The number of H-pyrrole nitrogens is 1. The van der Waals surface area contributed by atoms with E-state index in [0.717, 1.165) is 43.9 Å². The lowest BCUT2D eigenvalue weighted by atomic mass is 9.92. The van der Waals surface area contributed by atoms with Crippen molar-refractivity contribution < 1.29 is 9.53 Å². The summed E-state index contributed by atoms with van der Waals surface area (Å²) in [5, 5.41) is 11.9. The van der Waals surface area contributed by atoms with Crippen LogP contribution >= 0.6 is 11.3 Å². The van der Waals surface area contributed by atoms with Crippen molar-refractivity contribution in [1.82, 2.24) is 25.0 Å². The Kier molecular flexibility index (Phi) is 6.81. The summed E-state index contributed by atoms with van der Waals surface area (Å²) >= 11 is 1.25. The standard InChI is InChI=1S/C18H27N5O3S/c1-13-12-27-18(25)23(13)8-7-22-6-3-4-14(11-22)16-15(10-20-21-16)17(24)19-5-9-26-2/h10,12,14H,3-9,11H2,1-2H3,(H,19,24)(H,20,21). The van der Waals surface area contributed by atoms with Crippen LogP contribution in [0.15, 0.2) is 16.4 Å². The molecule has 1 amide bonds. The van der Waals surface area contributed by atoms with Crippen molar-refractivity contribution in [3.05, 3.63) is 38.2 Å². The number of thiazole rings is 1. The highest BCUT2D eigenvalue weighted by atomic mass is 32.1. The number of methoxy groups -OCH3 is 1. The van der Waals surface area contributed by atoms with Gasteiger partial charge in [0.25, 0.3) is 5.91 Å². The maximum Gasteiger partial charge on any atom is 0.307 e. The fourth-order valence-corrected chi connectivity index (χ4v) is 4.32. The van der Waals surface area contributed by atoms with Gasteiger partial charge in [-0.3, -0.25) is 14.7 Å². The van der Waals surface area contributed by atoms with Crippen molar-refractivity contribution in [3.8, 4) is 0 Å². The monoisotopic (exact) mass is 393 g/mol. The van der Waals surface area contributed by atoms with E-state index in [9.17, 15) is 9.59 Å². The molecule has 0 radical (unpaired) electrons. The summed E-state index contributed by atoms with van der Waals surface area (Å²) in [6, 6.07) is 0. The normalized spacial score (nSPS) is 17.9. The topological polar surface area (TPSA) is 92.2 Å². The average molecular weight is 394 g/mol. The van der Waals surface area contributed by atoms with E-state index in [-0.39, 0.29) is 16.7 Å². The van der Waals surface area contributed by atoms with Crippen molar-refractivity contribution in [2.45, 2.75) is 32.2 Å². The largest absolute Gasteiger partial charge is 0.383 e. The first-order valence-electron chi connectivity index (χ1n) is 9.28. The molecule has 9 heteroatoms. The van der Waals surface area contributed by atoms with Crippen molar-refractivity contribution in [2.75, 3.05) is 39.9 Å². The lowest BCUT2D eigenvalue weighted by Gasteiger charge is -2.32. The maximum absolute atomic E-state index is 12.4. The minimum absolute atomic E-state index is 0.102. The lowest BCUT2D eigenvalue weighted by Crippen LogP contribution is -2.38. The molecule has 0 spiro atoms. The molecule has 1 aliphatic heterocycles. The molecular formula is C18H27N5O3S. The predicted octanol–water partition coefficient (Wildman–Crippen LogP) is 1.20. The second-order valence-electron chi connectivity index (χ2n) is 6.88. The summed E-state index contributed by atoms with van der Waals surface area (Å²) in [6.07, 6.45) is 3.69. The number of carbonyl (C=O) groups excluding carboxylic acids is 1. The van der Waals surface area contributed by atoms with Crippen LogP contribution in [-0.2, 0) is 11.3 Å². The quantitative estimate of drug-likeness (QED) is 0.658. The van der Waals surface area contributed by atoms with Gasteiger partial charge in [-0.2, -0.15) is 5.10 Å². The summed E-state index contributed by atoms with van der Waals surface area (Å²) < 4.78 is 6.81. The van der Waals surface area contributed by atoms with Gasteiger partial charge in [-0.05, 0) is 26.3 Å². The minimum Gasteiger partial charge on any atom is -0.383 e. The molecular weight excluding hydrogens is 366 g/mol. The molecule has 1 unspecified atom stereocenters. The highest BCUT2D eigenvalue weighted by molar-refractivity contribution is 7.07. The van der Waals surface area contributed by atoms with E-state index in [1.807, 2.05) is 16.9 Å². The molecule has 148 valence electrons. The van der Waals surface area contributed by atoms with Crippen LogP contribution < -0.4 is 10.2 Å². The van der Waals surface area contributed by atoms with Crippen molar-refractivity contribution in [2.24, 2.45) is 0 Å². The zero-order valence-electron chi connectivity index (χ0n) is 15.9. The molecule has 0 aliphatic carbocycles. The number of aromatic nitrogens is 3. The SMILES string of the molecule is COCCNC(=O)c1cn[nH]c1C1CCCN(CCn2c(C)csc2=O)C1. The Morgan fingerprint density at radius 2 is 2.33 bits per heavy atom. The van der Waals surface area contributed by atoms with Crippen LogP contribution in [-0.4, -0.2) is 65.5 Å². The molecule has 2 N–H and O–H groups in total. The number of carbonyl (C=O) groups is 1. The highest BCUT2D eigenvalue weighted by Crippen LogP contribution is 2.27.